The summed E-state index contributed by atoms with van der Waals surface area (Å²) in [6.45, 7) is 6.56. The average molecular weight is 222 g/mol. The standard InChI is InChI=1S/C12H18N2O2/c1-5-6-14-12(10(15)7-9(2)3)11(16-4)8-13-14/h7-8H,5-6H2,1-4H3. The van der Waals surface area contributed by atoms with Gasteiger partial charge in [0, 0.05) is 6.54 Å². The number of carbonyl (C=O) groups is 1. The summed E-state index contributed by atoms with van der Waals surface area (Å²) in [6.07, 6.45) is 4.12. The van der Waals surface area contributed by atoms with E-state index in [1.807, 2.05) is 20.8 Å². The molecule has 0 aliphatic heterocycles. The first kappa shape index (κ1) is 12.5. The Morgan fingerprint density at radius 1 is 1.56 bits per heavy atom. The van der Waals surface area contributed by atoms with Gasteiger partial charge in [0.1, 0.15) is 0 Å². The van der Waals surface area contributed by atoms with Crippen LogP contribution < -0.4 is 4.74 Å². The SMILES string of the molecule is CCCn1ncc(OC)c1C(=O)C=C(C)C. The number of hydrogen-bond acceptors (Lipinski definition) is 3. The van der Waals surface area contributed by atoms with Gasteiger partial charge in [-0.15, -0.1) is 0 Å². The zero-order valence-corrected chi connectivity index (χ0v) is 10.3. The molecule has 0 amide bonds. The monoisotopic (exact) mass is 222 g/mol. The Kier molecular flexibility index (Phi) is 4.28. The van der Waals surface area contributed by atoms with Crippen LogP contribution in [0.5, 0.6) is 5.75 Å². The van der Waals surface area contributed by atoms with Gasteiger partial charge >= 0.3 is 0 Å². The van der Waals surface area contributed by atoms with Gasteiger partial charge in [-0.2, -0.15) is 5.10 Å². The van der Waals surface area contributed by atoms with Crippen LogP contribution in [0.1, 0.15) is 37.7 Å². The molecule has 0 aliphatic rings. The molecule has 4 nitrogen and oxygen atoms in total. The van der Waals surface area contributed by atoms with Crippen LogP contribution >= 0.6 is 0 Å². The van der Waals surface area contributed by atoms with Crippen molar-refractivity contribution in [2.45, 2.75) is 33.7 Å². The van der Waals surface area contributed by atoms with E-state index in [2.05, 4.69) is 5.10 Å². The smallest absolute Gasteiger partial charge is 0.207 e. The molecular weight excluding hydrogens is 204 g/mol. The lowest BCUT2D eigenvalue weighted by molar-refractivity contribution is 0.103. The number of methoxy groups -OCH3 is 1. The lowest BCUT2D eigenvalue weighted by Crippen LogP contribution is -2.10. The number of nitrogens with zero attached hydrogens (tertiary/aromatic N) is 2. The van der Waals surface area contributed by atoms with Crippen molar-refractivity contribution in [1.82, 2.24) is 9.78 Å². The minimum Gasteiger partial charge on any atom is -0.493 e. The molecule has 0 saturated carbocycles. The molecule has 0 fully saturated rings. The summed E-state index contributed by atoms with van der Waals surface area (Å²) in [4.78, 5) is 12.0. The van der Waals surface area contributed by atoms with E-state index >= 15 is 0 Å². The molecule has 0 spiro atoms. The molecule has 88 valence electrons. The van der Waals surface area contributed by atoms with Crippen molar-refractivity contribution in [2.75, 3.05) is 7.11 Å². The molecule has 0 atom stereocenters. The Bertz CT molecular complexity index is 401. The van der Waals surface area contributed by atoms with Crippen LogP contribution in [-0.4, -0.2) is 22.7 Å². The highest BCUT2D eigenvalue weighted by Crippen LogP contribution is 2.19. The van der Waals surface area contributed by atoms with Gasteiger partial charge in [-0.1, -0.05) is 12.5 Å². The number of aryl methyl sites for hydroxylation is 1. The molecule has 1 heterocycles. The predicted octanol–water partition coefficient (Wildman–Crippen LogP) is 2.45. The number of allylic oxidation sites excluding steroid dienone is 2. The van der Waals surface area contributed by atoms with E-state index in [4.69, 9.17) is 4.74 Å². The summed E-state index contributed by atoms with van der Waals surface area (Å²) in [5.41, 5.74) is 1.50. The van der Waals surface area contributed by atoms with Crippen molar-refractivity contribution < 1.29 is 9.53 Å². The van der Waals surface area contributed by atoms with E-state index in [0.717, 1.165) is 18.5 Å². The maximum absolute atomic E-state index is 12.0. The minimum atomic E-state index is -0.0530. The maximum Gasteiger partial charge on any atom is 0.207 e. The van der Waals surface area contributed by atoms with Crippen molar-refractivity contribution in [1.29, 1.82) is 0 Å². The summed E-state index contributed by atoms with van der Waals surface area (Å²) in [5.74, 6) is 0.485. The zero-order chi connectivity index (χ0) is 12.1. The van der Waals surface area contributed by atoms with E-state index < -0.39 is 0 Å². The number of rotatable bonds is 5. The Morgan fingerprint density at radius 2 is 2.25 bits per heavy atom. The highest BCUT2D eigenvalue weighted by molar-refractivity contribution is 6.05. The Hall–Kier alpha value is -1.58. The predicted molar refractivity (Wildman–Crippen MR) is 62.8 cm³/mol. The fourth-order valence-electron chi connectivity index (χ4n) is 1.48. The van der Waals surface area contributed by atoms with Crippen molar-refractivity contribution in [3.8, 4) is 5.75 Å². The molecule has 0 aromatic carbocycles. The third-order valence-electron chi connectivity index (χ3n) is 2.11. The van der Waals surface area contributed by atoms with Crippen LogP contribution in [0.3, 0.4) is 0 Å². The summed E-state index contributed by atoms with van der Waals surface area (Å²) in [5, 5.41) is 4.15. The Labute approximate surface area is 95.9 Å². The van der Waals surface area contributed by atoms with Crippen molar-refractivity contribution in [3.05, 3.63) is 23.5 Å². The van der Waals surface area contributed by atoms with Gasteiger partial charge in [0.25, 0.3) is 0 Å². The van der Waals surface area contributed by atoms with Crippen LogP contribution in [0.15, 0.2) is 17.8 Å². The van der Waals surface area contributed by atoms with Crippen molar-refractivity contribution in [3.63, 3.8) is 0 Å². The molecular formula is C12H18N2O2. The van der Waals surface area contributed by atoms with Crippen LogP contribution in [-0.2, 0) is 6.54 Å². The van der Waals surface area contributed by atoms with Crippen molar-refractivity contribution >= 4 is 5.78 Å². The molecule has 0 saturated heterocycles. The first-order valence-electron chi connectivity index (χ1n) is 5.39. The molecule has 0 radical (unpaired) electrons. The van der Waals surface area contributed by atoms with Crippen LogP contribution in [0.25, 0.3) is 0 Å². The fourth-order valence-corrected chi connectivity index (χ4v) is 1.48. The largest absolute Gasteiger partial charge is 0.493 e. The van der Waals surface area contributed by atoms with Crippen LogP contribution in [0.4, 0.5) is 0 Å². The lowest BCUT2D eigenvalue weighted by atomic mass is 10.2. The average Bonchev–Trinajstić information content (AvgIpc) is 2.60. The zero-order valence-electron chi connectivity index (χ0n) is 10.3. The summed E-state index contributed by atoms with van der Waals surface area (Å²) < 4.78 is 6.84. The molecule has 16 heavy (non-hydrogen) atoms. The number of ketones is 1. The highest BCUT2D eigenvalue weighted by Gasteiger charge is 2.16. The van der Waals surface area contributed by atoms with Crippen molar-refractivity contribution in [2.24, 2.45) is 0 Å². The van der Waals surface area contributed by atoms with E-state index in [1.54, 1.807) is 24.1 Å². The van der Waals surface area contributed by atoms with E-state index in [1.165, 1.54) is 0 Å². The minimum absolute atomic E-state index is 0.0530. The first-order chi connectivity index (χ1) is 7.60. The van der Waals surface area contributed by atoms with Gasteiger partial charge in [-0.05, 0) is 26.3 Å². The molecule has 0 unspecified atom stereocenters. The van der Waals surface area contributed by atoms with Gasteiger partial charge < -0.3 is 4.74 Å². The third-order valence-corrected chi connectivity index (χ3v) is 2.11. The Morgan fingerprint density at radius 3 is 2.75 bits per heavy atom. The van der Waals surface area contributed by atoms with Gasteiger partial charge in [-0.25, -0.2) is 0 Å². The van der Waals surface area contributed by atoms with Gasteiger partial charge in [0.2, 0.25) is 5.78 Å². The fraction of sp³-hybridized carbons (Fsp3) is 0.500. The van der Waals surface area contributed by atoms with Crippen LogP contribution in [0.2, 0.25) is 0 Å². The molecule has 0 N–H and O–H groups in total. The maximum atomic E-state index is 12.0. The van der Waals surface area contributed by atoms with E-state index in [9.17, 15) is 4.79 Å². The quantitative estimate of drug-likeness (QED) is 0.567. The second kappa shape index (κ2) is 5.49. The first-order valence-corrected chi connectivity index (χ1v) is 5.39. The highest BCUT2D eigenvalue weighted by atomic mass is 16.5. The molecule has 0 aliphatic carbocycles. The molecule has 0 bridgehead atoms. The van der Waals surface area contributed by atoms with Gasteiger partial charge in [-0.3, -0.25) is 9.48 Å². The number of carbonyl (C=O) groups excluding carboxylic acids is 1. The normalized spacial score (nSPS) is 10.0. The molecule has 4 heteroatoms. The van der Waals surface area contributed by atoms with Gasteiger partial charge in [0.15, 0.2) is 11.4 Å². The number of aromatic nitrogens is 2. The lowest BCUT2D eigenvalue weighted by Gasteiger charge is -2.05. The summed E-state index contributed by atoms with van der Waals surface area (Å²) in [6, 6.07) is 0. The molecule has 1 aromatic rings. The number of ether oxygens (including phenoxy) is 1. The topological polar surface area (TPSA) is 44.1 Å². The number of hydrogen-bond donors (Lipinski definition) is 0. The summed E-state index contributed by atoms with van der Waals surface area (Å²) in [7, 11) is 1.55. The Balaban J connectivity index is 3.12. The van der Waals surface area contributed by atoms with Crippen LogP contribution in [0, 0.1) is 0 Å². The second-order valence-corrected chi connectivity index (χ2v) is 3.87. The molecule has 1 aromatic heterocycles. The van der Waals surface area contributed by atoms with E-state index in [-0.39, 0.29) is 5.78 Å². The molecule has 1 rings (SSSR count). The van der Waals surface area contributed by atoms with Gasteiger partial charge in [0.05, 0.1) is 13.3 Å². The third kappa shape index (κ3) is 2.72. The second-order valence-electron chi connectivity index (χ2n) is 3.87. The van der Waals surface area contributed by atoms with E-state index in [0.29, 0.717) is 11.4 Å². The summed E-state index contributed by atoms with van der Waals surface area (Å²) >= 11 is 0.